The van der Waals surface area contributed by atoms with Gasteiger partial charge in [-0.1, -0.05) is 0 Å². The van der Waals surface area contributed by atoms with E-state index in [9.17, 15) is 4.79 Å². The summed E-state index contributed by atoms with van der Waals surface area (Å²) in [5.41, 5.74) is 0. The van der Waals surface area contributed by atoms with Crippen LogP contribution in [0.25, 0.3) is 0 Å². The first-order chi connectivity index (χ1) is 6.09. The highest BCUT2D eigenvalue weighted by Gasteiger charge is 2.08. The summed E-state index contributed by atoms with van der Waals surface area (Å²) in [6, 6.07) is 0. The van der Waals surface area contributed by atoms with E-state index in [2.05, 4.69) is 10.3 Å². The van der Waals surface area contributed by atoms with E-state index in [1.165, 1.54) is 17.5 Å². The smallest absolute Gasteiger partial charge is 0.263 e. The third-order valence-corrected chi connectivity index (χ3v) is 2.31. The second-order valence-corrected chi connectivity index (χ2v) is 4.04. The van der Waals surface area contributed by atoms with Gasteiger partial charge in [-0.3, -0.25) is 4.79 Å². The average Bonchev–Trinajstić information content (AvgIpc) is 2.47. The van der Waals surface area contributed by atoms with Crippen LogP contribution in [-0.2, 0) is 0 Å². The summed E-state index contributed by atoms with van der Waals surface area (Å²) >= 11 is 1.34. The maximum Gasteiger partial charge on any atom is 0.263 e. The molecular formula is C8H12N2O2S. The zero-order chi connectivity index (χ0) is 9.84. The molecule has 0 saturated heterocycles. The molecule has 4 nitrogen and oxygen atoms in total. The lowest BCUT2D eigenvalue weighted by molar-refractivity contribution is 0.0928. The number of nitrogens with zero attached hydrogens (tertiary/aromatic N) is 1. The third-order valence-electron chi connectivity index (χ3n) is 1.40. The Hall–Kier alpha value is -0.940. The topological polar surface area (TPSA) is 62.2 Å². The second-order valence-electron chi connectivity index (χ2n) is 2.80. The normalized spacial score (nSPS) is 12.5. The standard InChI is InChI=1S/C8H12N2O2S/c1-5(11)3-10-8(12)7-4-9-6(2)13-7/h4-5,11H,3H2,1-2H3,(H,10,12)/t5-/m1/s1. The van der Waals surface area contributed by atoms with Crippen LogP contribution in [-0.4, -0.2) is 28.6 Å². The molecule has 0 saturated carbocycles. The zero-order valence-electron chi connectivity index (χ0n) is 7.57. The maximum atomic E-state index is 11.3. The Labute approximate surface area is 80.6 Å². The van der Waals surface area contributed by atoms with Gasteiger partial charge in [0.15, 0.2) is 0 Å². The number of aliphatic hydroxyl groups excluding tert-OH is 1. The number of aromatic nitrogens is 1. The van der Waals surface area contributed by atoms with Crippen LogP contribution in [0.5, 0.6) is 0 Å². The highest BCUT2D eigenvalue weighted by molar-refractivity contribution is 7.13. The zero-order valence-corrected chi connectivity index (χ0v) is 8.39. The number of thiazole rings is 1. The first kappa shape index (κ1) is 10.1. The maximum absolute atomic E-state index is 11.3. The van der Waals surface area contributed by atoms with Crippen LogP contribution in [0.3, 0.4) is 0 Å². The van der Waals surface area contributed by atoms with Crippen LogP contribution < -0.4 is 5.32 Å². The lowest BCUT2D eigenvalue weighted by Crippen LogP contribution is -2.29. The van der Waals surface area contributed by atoms with E-state index in [1.807, 2.05) is 6.92 Å². The van der Waals surface area contributed by atoms with Crippen molar-refractivity contribution >= 4 is 17.2 Å². The van der Waals surface area contributed by atoms with Gasteiger partial charge in [-0.15, -0.1) is 11.3 Å². The van der Waals surface area contributed by atoms with Gasteiger partial charge in [0.1, 0.15) is 4.88 Å². The molecule has 1 heterocycles. The van der Waals surface area contributed by atoms with Crippen molar-refractivity contribution in [2.75, 3.05) is 6.54 Å². The molecule has 1 aromatic rings. The van der Waals surface area contributed by atoms with E-state index in [1.54, 1.807) is 6.92 Å². The largest absolute Gasteiger partial charge is 0.392 e. The fourth-order valence-corrected chi connectivity index (χ4v) is 1.49. The molecule has 0 bridgehead atoms. The number of hydrogen-bond donors (Lipinski definition) is 2. The quantitative estimate of drug-likeness (QED) is 0.749. The lowest BCUT2D eigenvalue weighted by Gasteiger charge is -2.04. The summed E-state index contributed by atoms with van der Waals surface area (Å²) in [7, 11) is 0. The molecular weight excluding hydrogens is 188 g/mol. The molecule has 13 heavy (non-hydrogen) atoms. The van der Waals surface area contributed by atoms with E-state index < -0.39 is 6.10 Å². The van der Waals surface area contributed by atoms with Crippen LogP contribution in [0, 0.1) is 6.92 Å². The molecule has 0 unspecified atom stereocenters. The first-order valence-electron chi connectivity index (χ1n) is 3.98. The second kappa shape index (κ2) is 4.34. The fourth-order valence-electron chi connectivity index (χ4n) is 0.794. The number of hydrogen-bond acceptors (Lipinski definition) is 4. The van der Waals surface area contributed by atoms with Gasteiger partial charge in [-0.25, -0.2) is 4.98 Å². The number of amides is 1. The van der Waals surface area contributed by atoms with E-state index in [0.717, 1.165) is 5.01 Å². The summed E-state index contributed by atoms with van der Waals surface area (Å²) in [6.45, 7) is 3.74. The summed E-state index contributed by atoms with van der Waals surface area (Å²) < 4.78 is 0. The molecule has 0 spiro atoms. The van der Waals surface area contributed by atoms with Crippen LogP contribution in [0.4, 0.5) is 0 Å². The summed E-state index contributed by atoms with van der Waals surface area (Å²) in [6.07, 6.45) is 1.02. The van der Waals surface area contributed by atoms with Gasteiger partial charge >= 0.3 is 0 Å². The molecule has 1 aromatic heterocycles. The minimum Gasteiger partial charge on any atom is -0.392 e. The Morgan fingerprint density at radius 3 is 3.00 bits per heavy atom. The SMILES string of the molecule is Cc1ncc(C(=O)NC[C@@H](C)O)s1. The highest BCUT2D eigenvalue weighted by atomic mass is 32.1. The molecule has 0 radical (unpaired) electrons. The van der Waals surface area contributed by atoms with Crippen LogP contribution in [0.15, 0.2) is 6.20 Å². The number of aryl methyl sites for hydroxylation is 1. The number of carbonyl (C=O) groups excluding carboxylic acids is 1. The molecule has 2 N–H and O–H groups in total. The molecule has 1 rings (SSSR count). The summed E-state index contributed by atoms with van der Waals surface area (Å²) in [5.74, 6) is -0.175. The molecule has 72 valence electrons. The van der Waals surface area contributed by atoms with Crippen molar-refractivity contribution in [1.82, 2.24) is 10.3 Å². The molecule has 0 aliphatic heterocycles. The molecule has 1 atom stereocenters. The first-order valence-corrected chi connectivity index (χ1v) is 4.80. The lowest BCUT2D eigenvalue weighted by atomic mass is 10.4. The van der Waals surface area contributed by atoms with Gasteiger partial charge in [0.2, 0.25) is 0 Å². The van der Waals surface area contributed by atoms with Gasteiger partial charge < -0.3 is 10.4 Å². The van der Waals surface area contributed by atoms with Crippen molar-refractivity contribution in [3.63, 3.8) is 0 Å². The molecule has 5 heteroatoms. The number of rotatable bonds is 3. The molecule has 0 aliphatic carbocycles. The van der Waals surface area contributed by atoms with E-state index in [-0.39, 0.29) is 12.5 Å². The minimum atomic E-state index is -0.516. The van der Waals surface area contributed by atoms with Crippen molar-refractivity contribution in [2.24, 2.45) is 0 Å². The van der Waals surface area contributed by atoms with Crippen LogP contribution in [0.2, 0.25) is 0 Å². The number of nitrogens with one attached hydrogen (secondary N) is 1. The van der Waals surface area contributed by atoms with Gasteiger partial charge in [0.05, 0.1) is 17.3 Å². The van der Waals surface area contributed by atoms with E-state index >= 15 is 0 Å². The number of carbonyl (C=O) groups is 1. The Kier molecular flexibility index (Phi) is 3.39. The Morgan fingerprint density at radius 2 is 2.54 bits per heavy atom. The Morgan fingerprint density at radius 1 is 1.85 bits per heavy atom. The van der Waals surface area contributed by atoms with Crippen LogP contribution in [0.1, 0.15) is 21.6 Å². The van der Waals surface area contributed by atoms with Crippen molar-refractivity contribution < 1.29 is 9.90 Å². The molecule has 0 aliphatic rings. The Bertz CT molecular complexity index is 296. The van der Waals surface area contributed by atoms with Crippen molar-refractivity contribution in [3.8, 4) is 0 Å². The third kappa shape index (κ3) is 3.12. The summed E-state index contributed by atoms with van der Waals surface area (Å²) in [5, 5.41) is 12.4. The van der Waals surface area contributed by atoms with E-state index in [0.29, 0.717) is 4.88 Å². The van der Waals surface area contributed by atoms with Gasteiger partial charge in [-0.05, 0) is 13.8 Å². The predicted octanol–water partition coefficient (Wildman–Crippen LogP) is 0.562. The van der Waals surface area contributed by atoms with Crippen molar-refractivity contribution in [1.29, 1.82) is 0 Å². The van der Waals surface area contributed by atoms with Crippen LogP contribution >= 0.6 is 11.3 Å². The van der Waals surface area contributed by atoms with E-state index in [4.69, 9.17) is 5.11 Å². The van der Waals surface area contributed by atoms with Gasteiger partial charge in [-0.2, -0.15) is 0 Å². The van der Waals surface area contributed by atoms with Gasteiger partial charge in [0, 0.05) is 6.54 Å². The van der Waals surface area contributed by atoms with Gasteiger partial charge in [0.25, 0.3) is 5.91 Å². The summed E-state index contributed by atoms with van der Waals surface area (Å²) in [4.78, 5) is 15.9. The highest BCUT2D eigenvalue weighted by Crippen LogP contribution is 2.10. The fraction of sp³-hybridized carbons (Fsp3) is 0.500. The molecule has 0 aromatic carbocycles. The van der Waals surface area contributed by atoms with Crippen molar-refractivity contribution in [2.45, 2.75) is 20.0 Å². The minimum absolute atomic E-state index is 0.175. The molecule has 0 fully saturated rings. The predicted molar refractivity (Wildman–Crippen MR) is 50.9 cm³/mol. The molecule has 1 amide bonds. The van der Waals surface area contributed by atoms with Crippen molar-refractivity contribution in [3.05, 3.63) is 16.1 Å². The average molecular weight is 200 g/mol. The monoisotopic (exact) mass is 200 g/mol. The Balaban J connectivity index is 2.49. The number of aliphatic hydroxyl groups is 1.